The molecule has 0 fully saturated rings. The topological polar surface area (TPSA) is 152 Å². The van der Waals surface area contributed by atoms with Crippen LogP contribution in [0.15, 0.2) is 58.3 Å². The first-order valence-electron chi connectivity index (χ1n) is 9.62. The quantitative estimate of drug-likeness (QED) is 0.216. The van der Waals surface area contributed by atoms with Gasteiger partial charge < -0.3 is 25.3 Å². The molecule has 3 unspecified atom stereocenters. The van der Waals surface area contributed by atoms with E-state index in [9.17, 15) is 9.90 Å². The summed E-state index contributed by atoms with van der Waals surface area (Å²) in [6.45, 7) is 0. The van der Waals surface area contributed by atoms with Crippen molar-refractivity contribution in [2.24, 2.45) is 10.7 Å². The van der Waals surface area contributed by atoms with Gasteiger partial charge in [-0.05, 0) is 23.3 Å². The van der Waals surface area contributed by atoms with E-state index in [0.717, 1.165) is 11.1 Å². The van der Waals surface area contributed by atoms with Gasteiger partial charge in [-0.15, -0.1) is 0 Å². The largest absolute Gasteiger partial charge is 0.467 e. The van der Waals surface area contributed by atoms with Crippen LogP contribution in [-0.2, 0) is 21.5 Å². The molecule has 0 spiro atoms. The Morgan fingerprint density at radius 3 is 3.00 bits per heavy atom. The Morgan fingerprint density at radius 1 is 1.42 bits per heavy atom. The summed E-state index contributed by atoms with van der Waals surface area (Å²) >= 11 is 0. The summed E-state index contributed by atoms with van der Waals surface area (Å²) in [5, 5.41) is 17.7. The van der Waals surface area contributed by atoms with Gasteiger partial charge >= 0.3 is 5.97 Å². The van der Waals surface area contributed by atoms with Crippen LogP contribution < -0.4 is 21.9 Å². The van der Waals surface area contributed by atoms with Gasteiger partial charge in [0.15, 0.2) is 17.7 Å². The number of hydrogen-bond donors (Lipinski definition) is 5. The van der Waals surface area contributed by atoms with Gasteiger partial charge in [0.1, 0.15) is 17.7 Å². The average Bonchev–Trinajstić information content (AvgIpc) is 3.43. The number of hydrogen-bond acceptors (Lipinski definition) is 10. The first-order valence-corrected chi connectivity index (χ1v) is 9.62. The van der Waals surface area contributed by atoms with Gasteiger partial charge in [0.05, 0.1) is 25.1 Å². The average molecular weight is 423 g/mol. The Hall–Kier alpha value is -3.67. The molecule has 1 aromatic carbocycles. The van der Waals surface area contributed by atoms with E-state index in [-0.39, 0.29) is 5.96 Å². The summed E-state index contributed by atoms with van der Waals surface area (Å²) in [4.78, 5) is 17.3. The number of aliphatic hydroxyl groups is 1. The van der Waals surface area contributed by atoms with E-state index in [1.807, 2.05) is 24.3 Å². The fraction of sp³-hybridized carbons (Fsp3) is 0.250. The van der Waals surface area contributed by atoms with Gasteiger partial charge in [0.2, 0.25) is 0 Å². The molecular weight excluding hydrogens is 402 g/mol. The van der Waals surface area contributed by atoms with Crippen LogP contribution in [0.3, 0.4) is 0 Å². The Labute approximate surface area is 176 Å². The molecule has 1 aliphatic carbocycles. The second-order valence-corrected chi connectivity index (χ2v) is 7.29. The number of anilines is 1. The summed E-state index contributed by atoms with van der Waals surface area (Å²) in [5.74, 6) is 0.564. The molecule has 2 aromatic heterocycles. The van der Waals surface area contributed by atoms with Gasteiger partial charge in [-0.2, -0.15) is 5.10 Å². The normalized spacial score (nSPS) is 22.4. The molecule has 0 amide bonds. The molecule has 3 atom stereocenters. The zero-order valence-electron chi connectivity index (χ0n) is 16.6. The molecular formula is C20H21N7O4. The number of methoxy groups -OCH3 is 1. The standard InChI is InChI=1S/C20H21N7O4/c1-30-18(29)20(9-11-5-2-3-6-13(11)20)27-16-12(10-22-27)15(23-19(21)24-16)25-26-17(28)14-7-4-8-31-14/h2-8,10,15,17,25-26,28H,9H2,1H3,(H3,21,23,24). The summed E-state index contributed by atoms with van der Waals surface area (Å²) in [6.07, 6.45) is 1.74. The minimum atomic E-state index is -1.10. The smallest absolute Gasteiger partial charge is 0.338 e. The van der Waals surface area contributed by atoms with Crippen LogP contribution in [0.1, 0.15) is 34.8 Å². The highest BCUT2D eigenvalue weighted by atomic mass is 16.5. The predicted molar refractivity (Wildman–Crippen MR) is 109 cm³/mol. The Morgan fingerprint density at radius 2 is 2.26 bits per heavy atom. The molecule has 11 heteroatoms. The van der Waals surface area contributed by atoms with Crippen LogP contribution in [0.5, 0.6) is 0 Å². The van der Waals surface area contributed by atoms with Gasteiger partial charge in [-0.3, -0.25) is 0 Å². The Bertz CT molecular complexity index is 1160. The summed E-state index contributed by atoms with van der Waals surface area (Å²) in [5.41, 5.74) is 13.1. The summed E-state index contributed by atoms with van der Waals surface area (Å²) in [7, 11) is 1.36. The van der Waals surface area contributed by atoms with Crippen molar-refractivity contribution >= 4 is 17.7 Å². The summed E-state index contributed by atoms with van der Waals surface area (Å²) in [6, 6.07) is 11.0. The number of nitrogens with one attached hydrogen (secondary N) is 3. The van der Waals surface area contributed by atoms with Crippen LogP contribution in [0.2, 0.25) is 0 Å². The molecule has 0 radical (unpaired) electrons. The molecule has 6 N–H and O–H groups in total. The molecule has 0 bridgehead atoms. The third kappa shape index (κ3) is 2.90. The first-order chi connectivity index (χ1) is 15.0. The molecule has 3 aromatic rings. The molecule has 1 aliphatic heterocycles. The van der Waals surface area contributed by atoms with Crippen LogP contribution in [0.4, 0.5) is 5.82 Å². The highest BCUT2D eigenvalue weighted by molar-refractivity contribution is 5.95. The van der Waals surface area contributed by atoms with E-state index in [0.29, 0.717) is 23.6 Å². The third-order valence-electron chi connectivity index (χ3n) is 5.57. The number of esters is 1. The molecule has 5 rings (SSSR count). The van der Waals surface area contributed by atoms with E-state index in [2.05, 4.69) is 26.3 Å². The monoisotopic (exact) mass is 423 g/mol. The van der Waals surface area contributed by atoms with E-state index >= 15 is 0 Å². The van der Waals surface area contributed by atoms with E-state index in [1.54, 1.807) is 23.0 Å². The number of ether oxygens (including phenoxy) is 1. The second kappa shape index (κ2) is 7.23. The lowest BCUT2D eigenvalue weighted by Crippen LogP contribution is -2.54. The lowest BCUT2D eigenvalue weighted by molar-refractivity contribution is -0.150. The van der Waals surface area contributed by atoms with Crippen LogP contribution >= 0.6 is 0 Å². The highest BCUT2D eigenvalue weighted by Crippen LogP contribution is 2.46. The van der Waals surface area contributed by atoms with Crippen molar-refractivity contribution < 1.29 is 19.1 Å². The maximum absolute atomic E-state index is 12.9. The number of nitrogens with zero attached hydrogens (tertiary/aromatic N) is 3. The Kier molecular flexibility index (Phi) is 4.50. The minimum absolute atomic E-state index is 0.133. The zero-order valence-corrected chi connectivity index (χ0v) is 16.6. The number of carbonyl (C=O) groups excluding carboxylic acids is 1. The van der Waals surface area contributed by atoms with E-state index in [4.69, 9.17) is 14.9 Å². The maximum Gasteiger partial charge on any atom is 0.338 e. The van der Waals surface area contributed by atoms with Gasteiger partial charge in [0.25, 0.3) is 0 Å². The summed E-state index contributed by atoms with van der Waals surface area (Å²) < 4.78 is 11.9. The Balaban J connectivity index is 1.48. The number of nitrogens with two attached hydrogens (primary N) is 1. The number of guanidine groups is 1. The van der Waals surface area contributed by atoms with Crippen molar-refractivity contribution in [1.82, 2.24) is 20.6 Å². The lowest BCUT2D eigenvalue weighted by Gasteiger charge is -2.42. The number of benzene rings is 1. The van der Waals surface area contributed by atoms with Crippen molar-refractivity contribution in [1.29, 1.82) is 0 Å². The van der Waals surface area contributed by atoms with Gasteiger partial charge in [-0.1, -0.05) is 24.3 Å². The molecule has 2 aliphatic rings. The molecule has 0 saturated heterocycles. The van der Waals surface area contributed by atoms with Crippen LogP contribution in [0, 0.1) is 0 Å². The van der Waals surface area contributed by atoms with Crippen molar-refractivity contribution in [3.8, 4) is 0 Å². The third-order valence-corrected chi connectivity index (χ3v) is 5.57. The van der Waals surface area contributed by atoms with Crippen molar-refractivity contribution in [3.05, 3.63) is 71.3 Å². The number of furan rings is 1. The number of aliphatic imine (C=N–C) groups is 1. The molecule has 0 saturated carbocycles. The van der Waals surface area contributed by atoms with E-state index in [1.165, 1.54) is 13.4 Å². The number of fused-ring (bicyclic) bond motifs is 2. The number of aromatic nitrogens is 2. The fourth-order valence-corrected chi connectivity index (χ4v) is 4.09. The van der Waals surface area contributed by atoms with Crippen molar-refractivity contribution in [2.45, 2.75) is 24.4 Å². The van der Waals surface area contributed by atoms with Crippen LogP contribution in [-0.4, -0.2) is 33.9 Å². The minimum Gasteiger partial charge on any atom is -0.467 e. The van der Waals surface area contributed by atoms with Crippen molar-refractivity contribution in [3.63, 3.8) is 0 Å². The predicted octanol–water partition coefficient (Wildman–Crippen LogP) is 0.473. The highest BCUT2D eigenvalue weighted by Gasteiger charge is 2.54. The van der Waals surface area contributed by atoms with Crippen molar-refractivity contribution in [2.75, 3.05) is 12.4 Å². The number of hydrazine groups is 1. The molecule has 31 heavy (non-hydrogen) atoms. The maximum atomic E-state index is 12.9. The molecule has 3 heterocycles. The second-order valence-electron chi connectivity index (χ2n) is 7.29. The SMILES string of the molecule is COC(=O)C1(n2ncc3c2NC(N)=NC3NNC(O)c2ccco2)Cc2ccccc21. The van der Waals surface area contributed by atoms with Gasteiger partial charge in [0, 0.05) is 6.42 Å². The fourth-order valence-electron chi connectivity index (χ4n) is 4.09. The molecule has 160 valence electrons. The number of rotatable bonds is 6. The van der Waals surface area contributed by atoms with Gasteiger partial charge in [-0.25, -0.2) is 25.3 Å². The zero-order chi connectivity index (χ0) is 21.6. The lowest BCUT2D eigenvalue weighted by atomic mass is 9.70. The number of carbonyl (C=O) groups is 1. The van der Waals surface area contributed by atoms with Crippen LogP contribution in [0.25, 0.3) is 0 Å². The van der Waals surface area contributed by atoms with E-state index < -0.39 is 23.9 Å². The first kappa shape index (κ1) is 19.3. The number of aliphatic hydroxyl groups excluding tert-OH is 1. The molecule has 11 nitrogen and oxygen atoms in total.